The van der Waals surface area contributed by atoms with Gasteiger partial charge in [0, 0.05) is 51.4 Å². The second kappa shape index (κ2) is 10.4. The molecule has 0 spiro atoms. The Morgan fingerprint density at radius 1 is 1.16 bits per heavy atom. The smallest absolute Gasteiger partial charge is 0.407 e. The highest BCUT2D eigenvalue weighted by Gasteiger charge is 2.35. The number of hydrogen-bond acceptors (Lipinski definition) is 6. The molecular formula is C23H34N4O4. The summed E-state index contributed by atoms with van der Waals surface area (Å²) in [6.07, 6.45) is -0.564. The molecule has 1 amide bonds. The maximum atomic E-state index is 11.6. The Balaban J connectivity index is 1.38. The Kier molecular flexibility index (Phi) is 7.89. The Bertz CT molecular complexity index is 757. The number of ether oxygens (including phenoxy) is 2. The summed E-state index contributed by atoms with van der Waals surface area (Å²) in [5, 5.41) is 18.3. The zero-order valence-corrected chi connectivity index (χ0v) is 18.8. The molecule has 2 aliphatic rings. The molecule has 2 aliphatic heterocycles. The van der Waals surface area contributed by atoms with Crippen LogP contribution in [0.25, 0.3) is 0 Å². The number of benzene rings is 1. The fourth-order valence-electron chi connectivity index (χ4n) is 4.24. The van der Waals surface area contributed by atoms with Crippen LogP contribution in [0, 0.1) is 11.3 Å². The largest absolute Gasteiger partial charge is 0.465 e. The summed E-state index contributed by atoms with van der Waals surface area (Å²) < 4.78 is 11.9. The molecule has 2 atom stereocenters. The SMILES string of the molecule is CC(C)(C)N(CCN1CC2CN(CCOCc3ccc(C#N)cc3)CC(C1)O2)C(=O)O. The molecule has 0 radical (unpaired) electrons. The number of nitrogens with zero attached hydrogens (tertiary/aromatic N) is 4. The third-order valence-electron chi connectivity index (χ3n) is 5.82. The minimum atomic E-state index is -0.867. The van der Waals surface area contributed by atoms with Crippen LogP contribution in [-0.4, -0.2) is 96.1 Å². The van der Waals surface area contributed by atoms with E-state index in [1.54, 1.807) is 0 Å². The van der Waals surface area contributed by atoms with E-state index in [1.165, 1.54) is 4.90 Å². The molecule has 2 heterocycles. The molecule has 2 saturated heterocycles. The average Bonchev–Trinajstić information content (AvgIpc) is 2.70. The van der Waals surface area contributed by atoms with E-state index in [0.717, 1.165) is 44.8 Å². The summed E-state index contributed by atoms with van der Waals surface area (Å²) in [5.74, 6) is 0. The average molecular weight is 431 g/mol. The van der Waals surface area contributed by atoms with Crippen molar-refractivity contribution in [2.24, 2.45) is 0 Å². The molecule has 1 aromatic rings. The van der Waals surface area contributed by atoms with E-state index in [0.29, 0.717) is 25.3 Å². The van der Waals surface area contributed by atoms with Gasteiger partial charge in [0.25, 0.3) is 0 Å². The third kappa shape index (κ3) is 6.91. The van der Waals surface area contributed by atoms with E-state index in [-0.39, 0.29) is 12.2 Å². The molecule has 1 aromatic carbocycles. The van der Waals surface area contributed by atoms with Crippen LogP contribution in [0.2, 0.25) is 0 Å². The van der Waals surface area contributed by atoms with E-state index in [1.807, 2.05) is 45.0 Å². The predicted octanol–water partition coefficient (Wildman–Crippen LogP) is 2.24. The monoisotopic (exact) mass is 430 g/mol. The Hall–Kier alpha value is -2.18. The second-order valence-corrected chi connectivity index (χ2v) is 9.37. The number of nitriles is 1. The third-order valence-corrected chi connectivity index (χ3v) is 5.82. The maximum Gasteiger partial charge on any atom is 0.407 e. The highest BCUT2D eigenvalue weighted by atomic mass is 16.5. The van der Waals surface area contributed by atoms with Crippen molar-refractivity contribution in [3.05, 3.63) is 35.4 Å². The zero-order chi connectivity index (χ0) is 22.4. The number of carboxylic acid groups (broad SMARTS) is 1. The van der Waals surface area contributed by atoms with Crippen LogP contribution in [-0.2, 0) is 16.1 Å². The molecule has 0 aliphatic carbocycles. The van der Waals surface area contributed by atoms with Crippen LogP contribution in [0.4, 0.5) is 4.79 Å². The highest BCUT2D eigenvalue weighted by molar-refractivity contribution is 5.65. The van der Waals surface area contributed by atoms with Crippen LogP contribution in [0.3, 0.4) is 0 Å². The quantitative estimate of drug-likeness (QED) is 0.633. The zero-order valence-electron chi connectivity index (χ0n) is 18.8. The predicted molar refractivity (Wildman–Crippen MR) is 117 cm³/mol. The molecule has 31 heavy (non-hydrogen) atoms. The molecule has 8 heteroatoms. The topological polar surface area (TPSA) is 89.3 Å². The lowest BCUT2D eigenvalue weighted by atomic mass is 10.1. The lowest BCUT2D eigenvalue weighted by Gasteiger charge is -2.46. The molecule has 0 aromatic heterocycles. The number of rotatable bonds is 8. The normalized spacial score (nSPS) is 22.1. The number of carbonyl (C=O) groups is 1. The van der Waals surface area contributed by atoms with Crippen molar-refractivity contribution < 1.29 is 19.4 Å². The van der Waals surface area contributed by atoms with E-state index >= 15 is 0 Å². The van der Waals surface area contributed by atoms with Crippen LogP contribution < -0.4 is 0 Å². The van der Waals surface area contributed by atoms with Gasteiger partial charge in [0.15, 0.2) is 0 Å². The first-order chi connectivity index (χ1) is 14.7. The van der Waals surface area contributed by atoms with Crippen molar-refractivity contribution in [2.45, 2.75) is 45.1 Å². The molecular weight excluding hydrogens is 396 g/mol. The summed E-state index contributed by atoms with van der Waals surface area (Å²) in [4.78, 5) is 17.8. The van der Waals surface area contributed by atoms with Crippen molar-refractivity contribution in [1.29, 1.82) is 5.26 Å². The first kappa shape index (κ1) is 23.5. The Morgan fingerprint density at radius 2 is 1.74 bits per heavy atom. The van der Waals surface area contributed by atoms with Crippen molar-refractivity contribution in [1.82, 2.24) is 14.7 Å². The number of fused-ring (bicyclic) bond motifs is 2. The molecule has 0 saturated carbocycles. The van der Waals surface area contributed by atoms with Crippen molar-refractivity contribution in [3.63, 3.8) is 0 Å². The molecule has 2 unspecified atom stereocenters. The van der Waals surface area contributed by atoms with Crippen molar-refractivity contribution in [2.75, 3.05) is 52.4 Å². The van der Waals surface area contributed by atoms with Gasteiger partial charge in [0.2, 0.25) is 0 Å². The molecule has 1 N–H and O–H groups in total. The number of morpholine rings is 2. The van der Waals surface area contributed by atoms with Gasteiger partial charge in [-0.05, 0) is 38.5 Å². The Labute approximate surface area is 184 Å². The van der Waals surface area contributed by atoms with Gasteiger partial charge < -0.3 is 19.5 Å². The Morgan fingerprint density at radius 3 is 2.26 bits per heavy atom. The van der Waals surface area contributed by atoms with Gasteiger partial charge in [0.1, 0.15) is 0 Å². The molecule has 170 valence electrons. The highest BCUT2D eigenvalue weighted by Crippen LogP contribution is 2.20. The standard InChI is InChI=1S/C23H34N4O4/c1-23(2,3)27(22(28)29)9-8-25-13-20-15-26(16-21(14-25)31-20)10-11-30-17-19-6-4-18(12-24)5-7-19/h4-7,20-21H,8-11,13-17H2,1-3H3,(H,28,29). The first-order valence-electron chi connectivity index (χ1n) is 10.9. The van der Waals surface area contributed by atoms with Gasteiger partial charge in [0.05, 0.1) is 37.1 Å². The van der Waals surface area contributed by atoms with Gasteiger partial charge in [-0.1, -0.05) is 12.1 Å². The van der Waals surface area contributed by atoms with Gasteiger partial charge in [-0.2, -0.15) is 5.26 Å². The van der Waals surface area contributed by atoms with Gasteiger partial charge in [-0.15, -0.1) is 0 Å². The minimum absolute atomic E-state index is 0.152. The molecule has 3 rings (SSSR count). The van der Waals surface area contributed by atoms with Crippen LogP contribution in [0.1, 0.15) is 31.9 Å². The number of amides is 1. The minimum Gasteiger partial charge on any atom is -0.465 e. The van der Waals surface area contributed by atoms with Gasteiger partial charge >= 0.3 is 6.09 Å². The van der Waals surface area contributed by atoms with Gasteiger partial charge in [-0.25, -0.2) is 4.79 Å². The lowest BCUT2D eigenvalue weighted by molar-refractivity contribution is -0.141. The lowest BCUT2D eigenvalue weighted by Crippen LogP contribution is -2.60. The second-order valence-electron chi connectivity index (χ2n) is 9.37. The maximum absolute atomic E-state index is 11.6. The van der Waals surface area contributed by atoms with E-state index in [2.05, 4.69) is 15.9 Å². The summed E-state index contributed by atoms with van der Waals surface area (Å²) >= 11 is 0. The first-order valence-corrected chi connectivity index (χ1v) is 10.9. The van der Waals surface area contributed by atoms with Crippen molar-refractivity contribution in [3.8, 4) is 6.07 Å². The van der Waals surface area contributed by atoms with E-state index in [9.17, 15) is 9.90 Å². The molecule has 2 fully saturated rings. The van der Waals surface area contributed by atoms with Crippen molar-refractivity contribution >= 4 is 6.09 Å². The van der Waals surface area contributed by atoms with Crippen LogP contribution >= 0.6 is 0 Å². The summed E-state index contributed by atoms with van der Waals surface area (Å²) in [6, 6.07) is 9.60. The fraction of sp³-hybridized carbons (Fsp3) is 0.652. The fourth-order valence-corrected chi connectivity index (χ4v) is 4.24. The summed E-state index contributed by atoms with van der Waals surface area (Å²) in [6.45, 7) is 12.5. The van der Waals surface area contributed by atoms with Crippen LogP contribution in [0.15, 0.2) is 24.3 Å². The number of hydrogen-bond donors (Lipinski definition) is 1. The summed E-state index contributed by atoms with van der Waals surface area (Å²) in [7, 11) is 0. The van der Waals surface area contributed by atoms with Gasteiger partial charge in [-0.3, -0.25) is 9.80 Å². The molecule has 8 nitrogen and oxygen atoms in total. The molecule has 2 bridgehead atoms. The van der Waals surface area contributed by atoms with E-state index < -0.39 is 11.6 Å². The summed E-state index contributed by atoms with van der Waals surface area (Å²) in [5.41, 5.74) is 1.33. The van der Waals surface area contributed by atoms with Crippen LogP contribution in [0.5, 0.6) is 0 Å². The van der Waals surface area contributed by atoms with E-state index in [4.69, 9.17) is 14.7 Å².